The van der Waals surface area contributed by atoms with Gasteiger partial charge in [0.2, 0.25) is 15.9 Å². The Morgan fingerprint density at radius 1 is 1.48 bits per heavy atom. The molecule has 0 aromatic carbocycles. The molecule has 7 nitrogen and oxygen atoms in total. The van der Waals surface area contributed by atoms with Crippen molar-refractivity contribution in [3.05, 3.63) is 23.3 Å². The summed E-state index contributed by atoms with van der Waals surface area (Å²) < 4.78 is 25.1. The van der Waals surface area contributed by atoms with Gasteiger partial charge in [0.15, 0.2) is 0 Å². The van der Waals surface area contributed by atoms with E-state index >= 15 is 0 Å². The van der Waals surface area contributed by atoms with Crippen molar-refractivity contribution in [2.24, 2.45) is 5.73 Å². The monoisotopic (exact) mass is 312 g/mol. The number of hydrogen-bond acceptors (Lipinski definition) is 5. The number of primary amides is 1. The zero-order chi connectivity index (χ0) is 15.6. The third-order valence-corrected chi connectivity index (χ3v) is 4.77. The van der Waals surface area contributed by atoms with E-state index in [1.165, 1.54) is 10.6 Å². The van der Waals surface area contributed by atoms with Crippen LogP contribution in [0.15, 0.2) is 6.07 Å². The normalized spacial score (nSPS) is 19.8. The fraction of sp³-hybridized carbons (Fsp3) is 0.615. The number of amides is 1. The van der Waals surface area contributed by atoms with Gasteiger partial charge in [0.25, 0.3) is 0 Å². The van der Waals surface area contributed by atoms with Gasteiger partial charge in [0, 0.05) is 24.4 Å². The topological polar surface area (TPSA) is 106 Å². The quantitative estimate of drug-likeness (QED) is 0.841. The average Bonchev–Trinajstić information content (AvgIpc) is 2.84. The van der Waals surface area contributed by atoms with Gasteiger partial charge in [-0.2, -0.15) is 4.31 Å². The van der Waals surface area contributed by atoms with Gasteiger partial charge < -0.3 is 5.73 Å². The molecule has 0 spiro atoms. The number of hydrogen-bond donors (Lipinski definition) is 1. The largest absolute Gasteiger partial charge is 0.370 e. The van der Waals surface area contributed by atoms with Crippen LogP contribution >= 0.6 is 0 Å². The molecule has 21 heavy (non-hydrogen) atoms. The molecule has 1 aromatic rings. The van der Waals surface area contributed by atoms with Crippen molar-refractivity contribution in [3.8, 4) is 0 Å². The highest BCUT2D eigenvalue weighted by atomic mass is 32.2. The minimum absolute atomic E-state index is 0.219. The summed E-state index contributed by atoms with van der Waals surface area (Å²) in [6.07, 6.45) is 3.38. The number of nitrogens with two attached hydrogens (primary N) is 1. The molecule has 0 bridgehead atoms. The van der Waals surface area contributed by atoms with Crippen LogP contribution in [-0.2, 0) is 21.2 Å². The first kappa shape index (κ1) is 15.8. The lowest BCUT2D eigenvalue weighted by Gasteiger charge is -2.21. The van der Waals surface area contributed by atoms with E-state index in [4.69, 9.17) is 5.73 Å². The molecule has 8 heteroatoms. The third-order valence-electron chi connectivity index (χ3n) is 3.48. The summed E-state index contributed by atoms with van der Waals surface area (Å²) in [5.74, 6) is 0.129. The summed E-state index contributed by atoms with van der Waals surface area (Å²) in [6, 6.07) is 1.49. The summed E-state index contributed by atoms with van der Waals surface area (Å²) in [5.41, 5.74) is 6.63. The second kappa shape index (κ2) is 6.07. The Morgan fingerprint density at radius 2 is 2.19 bits per heavy atom. The fourth-order valence-electron chi connectivity index (χ4n) is 2.58. The molecule has 0 saturated carbocycles. The van der Waals surface area contributed by atoms with Crippen LogP contribution in [0.25, 0.3) is 0 Å². The van der Waals surface area contributed by atoms with Crippen molar-refractivity contribution in [2.45, 2.75) is 38.6 Å². The predicted molar refractivity (Wildman–Crippen MR) is 77.8 cm³/mol. The maximum atomic E-state index is 11.8. The Labute approximate surface area is 124 Å². The van der Waals surface area contributed by atoms with Gasteiger partial charge in [-0.15, -0.1) is 0 Å². The van der Waals surface area contributed by atoms with E-state index in [1.54, 1.807) is 6.07 Å². The Hall–Kier alpha value is -1.54. The SMILES string of the molecule is Cc1cc(CCC(N)=O)nc([C@H]2CCCN2S(C)(=O)=O)n1. The molecule has 1 aromatic heterocycles. The molecule has 1 atom stereocenters. The maximum absolute atomic E-state index is 11.8. The van der Waals surface area contributed by atoms with E-state index < -0.39 is 10.0 Å². The summed E-state index contributed by atoms with van der Waals surface area (Å²) in [7, 11) is -3.27. The molecule has 2 N–H and O–H groups in total. The zero-order valence-corrected chi connectivity index (χ0v) is 13.1. The standard InChI is InChI=1S/C13H20N4O3S/c1-9-8-10(5-6-12(14)18)16-13(15-9)11-4-3-7-17(11)21(2,19)20/h8,11H,3-7H2,1-2H3,(H2,14,18)/t11-/m1/s1. The Balaban J connectivity index is 2.28. The Kier molecular flexibility index (Phi) is 4.58. The van der Waals surface area contributed by atoms with Crippen molar-refractivity contribution in [1.82, 2.24) is 14.3 Å². The second-order valence-corrected chi connectivity index (χ2v) is 7.29. The summed E-state index contributed by atoms with van der Waals surface area (Å²) in [4.78, 5) is 19.7. The van der Waals surface area contributed by atoms with Crippen molar-refractivity contribution in [1.29, 1.82) is 0 Å². The highest BCUT2D eigenvalue weighted by Gasteiger charge is 2.34. The number of sulfonamides is 1. The average molecular weight is 312 g/mol. The van der Waals surface area contributed by atoms with E-state index in [-0.39, 0.29) is 18.4 Å². The second-order valence-electron chi connectivity index (χ2n) is 5.36. The van der Waals surface area contributed by atoms with Gasteiger partial charge in [0.05, 0.1) is 12.3 Å². The number of carbonyl (C=O) groups excluding carboxylic acids is 1. The lowest BCUT2D eigenvalue weighted by molar-refractivity contribution is -0.118. The molecule has 0 aliphatic carbocycles. The number of carbonyl (C=O) groups is 1. The Morgan fingerprint density at radius 3 is 2.81 bits per heavy atom. The first-order chi connectivity index (χ1) is 9.77. The van der Waals surface area contributed by atoms with Gasteiger partial charge in [-0.25, -0.2) is 18.4 Å². The van der Waals surface area contributed by atoms with Gasteiger partial charge in [-0.3, -0.25) is 4.79 Å². The molecule has 2 heterocycles. The molecule has 1 amide bonds. The lowest BCUT2D eigenvalue weighted by atomic mass is 10.1. The molecule has 2 rings (SSSR count). The summed E-state index contributed by atoms with van der Waals surface area (Å²) in [6.45, 7) is 2.33. The van der Waals surface area contributed by atoms with Gasteiger partial charge in [-0.1, -0.05) is 0 Å². The van der Waals surface area contributed by atoms with Crippen LogP contribution < -0.4 is 5.73 Å². The third kappa shape index (κ3) is 3.98. The molecular weight excluding hydrogens is 292 g/mol. The summed E-state index contributed by atoms with van der Waals surface area (Å²) >= 11 is 0. The molecule has 116 valence electrons. The van der Waals surface area contributed by atoms with E-state index in [1.807, 2.05) is 6.92 Å². The Bertz CT molecular complexity index is 645. The van der Waals surface area contributed by atoms with Crippen molar-refractivity contribution in [2.75, 3.05) is 12.8 Å². The number of aryl methyl sites for hydroxylation is 2. The van der Waals surface area contributed by atoms with Crippen molar-refractivity contribution >= 4 is 15.9 Å². The van der Waals surface area contributed by atoms with Crippen LogP contribution in [0.3, 0.4) is 0 Å². The molecule has 0 radical (unpaired) electrons. The van der Waals surface area contributed by atoms with Crippen LogP contribution in [0.4, 0.5) is 0 Å². The van der Waals surface area contributed by atoms with Gasteiger partial charge in [-0.05, 0) is 32.3 Å². The molecule has 1 aliphatic heterocycles. The number of rotatable bonds is 5. The maximum Gasteiger partial charge on any atom is 0.217 e. The van der Waals surface area contributed by atoms with E-state index in [2.05, 4.69) is 9.97 Å². The van der Waals surface area contributed by atoms with Crippen LogP contribution in [-0.4, -0.2) is 41.4 Å². The zero-order valence-electron chi connectivity index (χ0n) is 12.2. The van der Waals surface area contributed by atoms with Gasteiger partial charge >= 0.3 is 0 Å². The molecular formula is C13H20N4O3S. The lowest BCUT2D eigenvalue weighted by Crippen LogP contribution is -2.30. The first-order valence-electron chi connectivity index (χ1n) is 6.87. The van der Waals surface area contributed by atoms with Crippen LogP contribution in [0.1, 0.15) is 42.5 Å². The summed E-state index contributed by atoms with van der Waals surface area (Å²) in [5, 5.41) is 0. The predicted octanol–water partition coefficient (Wildman–Crippen LogP) is 0.299. The molecule has 1 aliphatic rings. The number of aromatic nitrogens is 2. The molecule has 1 fully saturated rings. The van der Waals surface area contributed by atoms with Gasteiger partial charge in [0.1, 0.15) is 5.82 Å². The van der Waals surface area contributed by atoms with E-state index in [0.29, 0.717) is 25.2 Å². The minimum Gasteiger partial charge on any atom is -0.370 e. The highest BCUT2D eigenvalue weighted by molar-refractivity contribution is 7.88. The van der Waals surface area contributed by atoms with Crippen LogP contribution in [0.5, 0.6) is 0 Å². The van der Waals surface area contributed by atoms with Crippen molar-refractivity contribution < 1.29 is 13.2 Å². The molecule has 1 saturated heterocycles. The number of nitrogens with zero attached hydrogens (tertiary/aromatic N) is 3. The highest BCUT2D eigenvalue weighted by Crippen LogP contribution is 2.32. The van der Waals surface area contributed by atoms with E-state index in [9.17, 15) is 13.2 Å². The minimum atomic E-state index is -3.27. The van der Waals surface area contributed by atoms with E-state index in [0.717, 1.165) is 17.8 Å². The van der Waals surface area contributed by atoms with Crippen molar-refractivity contribution in [3.63, 3.8) is 0 Å². The fourth-order valence-corrected chi connectivity index (χ4v) is 3.70. The first-order valence-corrected chi connectivity index (χ1v) is 8.72. The smallest absolute Gasteiger partial charge is 0.217 e. The van der Waals surface area contributed by atoms with Crippen LogP contribution in [0.2, 0.25) is 0 Å². The molecule has 0 unspecified atom stereocenters. The van der Waals surface area contributed by atoms with Crippen LogP contribution in [0, 0.1) is 6.92 Å².